The number of hydrogen-bond acceptors (Lipinski definition) is 7. The lowest BCUT2D eigenvalue weighted by Gasteiger charge is -2.04. The van der Waals surface area contributed by atoms with Gasteiger partial charge < -0.3 is 4.42 Å². The Morgan fingerprint density at radius 1 is 1.42 bits per heavy atom. The van der Waals surface area contributed by atoms with E-state index in [1.165, 1.54) is 11.8 Å². The van der Waals surface area contributed by atoms with Crippen molar-refractivity contribution < 1.29 is 9.21 Å². The number of carbonyl (C=O) groups excluding carboxylic acids is 1. The molecular weight excluding hydrogens is 370 g/mol. The Hall–Kier alpha value is -1.90. The minimum absolute atomic E-state index is 0.0888. The number of aryl methyl sites for hydroxylation is 1. The molecule has 9 heteroatoms. The largest absolute Gasteiger partial charge is 0.451 e. The first-order valence-electron chi connectivity index (χ1n) is 6.99. The fraction of sp³-hybridized carbons (Fsp3) is 0.200. The zero-order valence-electron chi connectivity index (χ0n) is 12.8. The van der Waals surface area contributed by atoms with Crippen LogP contribution in [0.25, 0.3) is 11.0 Å². The number of nitrogens with one attached hydrogen (secondary N) is 1. The fourth-order valence-corrected chi connectivity index (χ4v) is 3.42. The summed E-state index contributed by atoms with van der Waals surface area (Å²) in [7, 11) is 0. The summed E-state index contributed by atoms with van der Waals surface area (Å²) in [6.45, 7) is 3.78. The predicted molar refractivity (Wildman–Crippen MR) is 96.5 cm³/mol. The van der Waals surface area contributed by atoms with Gasteiger partial charge in [0.25, 0.3) is 5.91 Å². The number of aromatic nitrogens is 2. The summed E-state index contributed by atoms with van der Waals surface area (Å²) in [6, 6.07) is 4.32. The maximum absolute atomic E-state index is 12.3. The second-order valence-electron chi connectivity index (χ2n) is 4.84. The molecule has 0 radical (unpaired) electrons. The monoisotopic (exact) mass is 381 g/mol. The van der Waals surface area contributed by atoms with Gasteiger partial charge in [-0.15, -0.1) is 0 Å². The molecule has 0 spiro atoms. The van der Waals surface area contributed by atoms with Gasteiger partial charge in [-0.05, 0) is 30.4 Å². The molecule has 0 fully saturated rings. The summed E-state index contributed by atoms with van der Waals surface area (Å²) in [5.41, 5.74) is 0.743. The number of anilines is 1. The molecule has 0 unspecified atom stereocenters. The molecule has 0 aliphatic carbocycles. The molecular formula is C15H12ClN3O3S2. The standard InChI is InChI=1S/C15H12ClN3O3S2/c1-3-23-15-18-14(24-19-15)17-13(21)12-6-10(20)8-5-9(16)7(2)4-11(8)22-12/h4-6H,3H2,1-2H3,(H,17,18,19,21). The van der Waals surface area contributed by atoms with Gasteiger partial charge in [0.2, 0.25) is 10.3 Å². The zero-order chi connectivity index (χ0) is 17.3. The third-order valence-electron chi connectivity index (χ3n) is 3.13. The lowest BCUT2D eigenvalue weighted by atomic mass is 10.1. The van der Waals surface area contributed by atoms with E-state index in [9.17, 15) is 9.59 Å². The normalized spacial score (nSPS) is 11.0. The second kappa shape index (κ2) is 6.92. The van der Waals surface area contributed by atoms with Crippen molar-refractivity contribution in [1.82, 2.24) is 9.36 Å². The van der Waals surface area contributed by atoms with Crippen molar-refractivity contribution in [2.24, 2.45) is 0 Å². The molecule has 0 aliphatic heterocycles. The van der Waals surface area contributed by atoms with Gasteiger partial charge in [0.15, 0.2) is 11.2 Å². The molecule has 24 heavy (non-hydrogen) atoms. The molecule has 124 valence electrons. The van der Waals surface area contributed by atoms with Gasteiger partial charge in [0.05, 0.1) is 5.39 Å². The molecule has 0 aliphatic rings. The summed E-state index contributed by atoms with van der Waals surface area (Å²) >= 11 is 8.57. The van der Waals surface area contributed by atoms with E-state index in [0.717, 1.165) is 28.9 Å². The Bertz CT molecular complexity index is 984. The van der Waals surface area contributed by atoms with E-state index in [4.69, 9.17) is 16.0 Å². The van der Waals surface area contributed by atoms with Gasteiger partial charge in [-0.1, -0.05) is 30.3 Å². The Morgan fingerprint density at radius 3 is 2.96 bits per heavy atom. The summed E-state index contributed by atoms with van der Waals surface area (Å²) in [6.07, 6.45) is 0. The molecule has 0 saturated heterocycles. The van der Waals surface area contributed by atoms with E-state index in [2.05, 4.69) is 14.7 Å². The van der Waals surface area contributed by atoms with Crippen molar-refractivity contribution >= 4 is 56.9 Å². The summed E-state index contributed by atoms with van der Waals surface area (Å²) in [5, 5.41) is 4.35. The van der Waals surface area contributed by atoms with Gasteiger partial charge in [0, 0.05) is 22.6 Å². The van der Waals surface area contributed by atoms with Crippen LogP contribution in [-0.4, -0.2) is 21.0 Å². The molecule has 1 N–H and O–H groups in total. The van der Waals surface area contributed by atoms with Gasteiger partial charge >= 0.3 is 0 Å². The van der Waals surface area contributed by atoms with Crippen LogP contribution in [0.1, 0.15) is 23.0 Å². The Morgan fingerprint density at radius 2 is 2.21 bits per heavy atom. The molecule has 1 aromatic carbocycles. The average molecular weight is 382 g/mol. The van der Waals surface area contributed by atoms with Crippen LogP contribution in [0.15, 0.2) is 32.6 Å². The second-order valence-corrected chi connectivity index (χ2v) is 7.23. The number of carbonyl (C=O) groups is 1. The van der Waals surface area contributed by atoms with Crippen molar-refractivity contribution in [3.8, 4) is 0 Å². The van der Waals surface area contributed by atoms with Crippen molar-refractivity contribution in [1.29, 1.82) is 0 Å². The molecule has 0 saturated carbocycles. The van der Waals surface area contributed by atoms with Gasteiger partial charge in [-0.2, -0.15) is 9.36 Å². The zero-order valence-corrected chi connectivity index (χ0v) is 15.1. The number of nitrogens with zero attached hydrogens (tertiary/aromatic N) is 2. The number of thioether (sulfide) groups is 1. The molecule has 3 rings (SSSR count). The summed E-state index contributed by atoms with van der Waals surface area (Å²) < 4.78 is 9.66. The van der Waals surface area contributed by atoms with Crippen molar-refractivity contribution in [2.45, 2.75) is 19.0 Å². The van der Waals surface area contributed by atoms with Crippen LogP contribution in [-0.2, 0) is 0 Å². The Balaban J connectivity index is 1.91. The van der Waals surface area contributed by atoms with Crippen LogP contribution in [0.5, 0.6) is 0 Å². The maximum Gasteiger partial charge on any atom is 0.293 e. The smallest absolute Gasteiger partial charge is 0.293 e. The van der Waals surface area contributed by atoms with E-state index < -0.39 is 5.91 Å². The Kier molecular flexibility index (Phi) is 4.88. The van der Waals surface area contributed by atoms with E-state index in [1.807, 2.05) is 6.92 Å². The molecule has 2 aromatic heterocycles. The summed E-state index contributed by atoms with van der Waals surface area (Å²) in [5.74, 6) is 0.200. The first-order valence-corrected chi connectivity index (χ1v) is 9.13. The van der Waals surface area contributed by atoms with Crippen LogP contribution in [0, 0.1) is 6.92 Å². The van der Waals surface area contributed by atoms with Crippen molar-refractivity contribution in [3.05, 3.63) is 44.8 Å². The number of rotatable bonds is 4. The quantitative estimate of drug-likeness (QED) is 0.688. The van der Waals surface area contributed by atoms with Crippen LogP contribution in [0.4, 0.5) is 5.13 Å². The van der Waals surface area contributed by atoms with Crippen LogP contribution < -0.4 is 10.7 Å². The first-order chi connectivity index (χ1) is 11.5. The predicted octanol–water partition coefficient (Wildman–Crippen LogP) is 3.97. The molecule has 1 amide bonds. The molecule has 6 nitrogen and oxygen atoms in total. The van der Waals surface area contributed by atoms with E-state index in [1.54, 1.807) is 19.1 Å². The molecule has 0 bridgehead atoms. The SMILES string of the molecule is CCSc1nsc(NC(=O)c2cc(=O)c3cc(Cl)c(C)cc3o2)n1. The van der Waals surface area contributed by atoms with E-state index >= 15 is 0 Å². The lowest BCUT2D eigenvalue weighted by Crippen LogP contribution is -2.15. The van der Waals surface area contributed by atoms with Crippen molar-refractivity contribution in [2.75, 3.05) is 11.1 Å². The number of halogens is 1. The third kappa shape index (κ3) is 3.45. The Labute approximate surface area is 150 Å². The highest BCUT2D eigenvalue weighted by Crippen LogP contribution is 2.23. The minimum atomic E-state index is -0.550. The van der Waals surface area contributed by atoms with Crippen molar-refractivity contribution in [3.63, 3.8) is 0 Å². The van der Waals surface area contributed by atoms with Crippen LogP contribution >= 0.6 is 34.9 Å². The third-order valence-corrected chi connectivity index (χ3v) is 5.02. The van der Waals surface area contributed by atoms with Crippen LogP contribution in [0.2, 0.25) is 5.02 Å². The molecule has 3 aromatic rings. The highest BCUT2D eigenvalue weighted by atomic mass is 35.5. The lowest BCUT2D eigenvalue weighted by molar-refractivity contribution is 0.0997. The number of fused-ring (bicyclic) bond motifs is 1. The minimum Gasteiger partial charge on any atom is -0.451 e. The molecule has 2 heterocycles. The van der Waals surface area contributed by atoms with Gasteiger partial charge in [-0.25, -0.2) is 0 Å². The average Bonchev–Trinajstić information content (AvgIpc) is 2.96. The first kappa shape index (κ1) is 16.9. The number of hydrogen-bond donors (Lipinski definition) is 1. The topological polar surface area (TPSA) is 85.1 Å². The van der Waals surface area contributed by atoms with Crippen LogP contribution in [0.3, 0.4) is 0 Å². The van der Waals surface area contributed by atoms with E-state index in [0.29, 0.717) is 26.3 Å². The van der Waals surface area contributed by atoms with Gasteiger partial charge in [0.1, 0.15) is 5.58 Å². The van der Waals surface area contributed by atoms with E-state index in [-0.39, 0.29) is 11.2 Å². The number of amides is 1. The maximum atomic E-state index is 12.3. The molecule has 0 atom stereocenters. The highest BCUT2D eigenvalue weighted by Gasteiger charge is 2.15. The summed E-state index contributed by atoms with van der Waals surface area (Å²) in [4.78, 5) is 28.7. The number of benzene rings is 1. The van der Waals surface area contributed by atoms with Gasteiger partial charge in [-0.3, -0.25) is 14.9 Å². The highest BCUT2D eigenvalue weighted by molar-refractivity contribution is 7.99. The fourth-order valence-electron chi connectivity index (χ4n) is 2.00.